The Morgan fingerprint density at radius 1 is 0.704 bits per heavy atom. The van der Waals surface area contributed by atoms with Crippen molar-refractivity contribution in [3.63, 3.8) is 0 Å². The molecule has 5 atom stereocenters. The van der Waals surface area contributed by atoms with Crippen LogP contribution in [0.1, 0.15) is 34.1 Å². The third kappa shape index (κ3) is 24.2. The summed E-state index contributed by atoms with van der Waals surface area (Å²) >= 11 is 0. The average Bonchev–Trinajstić information content (AvgIpc) is 2.55. The zero-order valence-corrected chi connectivity index (χ0v) is 16.3. The summed E-state index contributed by atoms with van der Waals surface area (Å²) in [6.07, 6.45) is -1.41. The maximum Gasteiger partial charge on any atom is 0.323 e. The molecule has 0 aliphatic rings. The predicted molar refractivity (Wildman–Crippen MR) is 97.8 cm³/mol. The van der Waals surface area contributed by atoms with Gasteiger partial charge in [-0.1, -0.05) is 13.8 Å². The van der Waals surface area contributed by atoms with Gasteiger partial charge in [0.05, 0.1) is 12.2 Å². The van der Waals surface area contributed by atoms with Crippen LogP contribution in [0.2, 0.25) is 0 Å². The highest BCUT2D eigenvalue weighted by Gasteiger charge is 2.16. The Kier molecular flexibility index (Phi) is 23.0. The number of rotatable bonds is 7. The van der Waals surface area contributed by atoms with Gasteiger partial charge < -0.3 is 47.8 Å². The first-order chi connectivity index (χ1) is 12.1. The van der Waals surface area contributed by atoms with Crippen LogP contribution in [0.25, 0.3) is 0 Å². The van der Waals surface area contributed by atoms with Crippen LogP contribution < -0.4 is 17.2 Å². The predicted octanol–water partition coefficient (Wildman–Crippen LogP) is -2.39. The van der Waals surface area contributed by atoms with E-state index in [4.69, 9.17) is 47.8 Å². The van der Waals surface area contributed by atoms with Crippen molar-refractivity contribution in [2.24, 2.45) is 23.1 Å². The number of carbonyl (C=O) groups is 3. The molecule has 0 heterocycles. The van der Waals surface area contributed by atoms with Crippen LogP contribution in [0.4, 0.5) is 0 Å². The monoisotopic (exact) mass is 401 g/mol. The molecular weight excluding hydrogens is 366 g/mol. The van der Waals surface area contributed by atoms with Crippen molar-refractivity contribution in [2.45, 2.75) is 64.4 Å². The van der Waals surface area contributed by atoms with E-state index in [2.05, 4.69) is 0 Å². The molecule has 5 unspecified atom stereocenters. The number of carboxylic acids is 3. The minimum absolute atomic E-state index is 0.357. The molecule has 0 radical (unpaired) electrons. The lowest BCUT2D eigenvalue weighted by Gasteiger charge is -2.07. The SMILES string of the molecule is CC(C)CC(N)C(=O)O.CC(O)C(N)C(=O)O.CC(O)C(N)C(=O)O.CO. The molecule has 0 aliphatic carbocycles. The van der Waals surface area contributed by atoms with Gasteiger partial charge in [-0.2, -0.15) is 0 Å². The van der Waals surface area contributed by atoms with Gasteiger partial charge in [0, 0.05) is 7.11 Å². The Labute approximate surface area is 158 Å². The van der Waals surface area contributed by atoms with E-state index < -0.39 is 48.2 Å². The van der Waals surface area contributed by atoms with E-state index in [1.807, 2.05) is 13.8 Å². The van der Waals surface area contributed by atoms with Crippen LogP contribution in [-0.2, 0) is 14.4 Å². The second-order valence-corrected chi connectivity index (χ2v) is 5.78. The number of hydrogen-bond acceptors (Lipinski definition) is 9. The fourth-order valence-corrected chi connectivity index (χ4v) is 1.02. The summed E-state index contributed by atoms with van der Waals surface area (Å²) in [5.41, 5.74) is 15.0. The number of carboxylic acid groups (broad SMARTS) is 3. The van der Waals surface area contributed by atoms with Crippen molar-refractivity contribution in [3.8, 4) is 0 Å². The lowest BCUT2D eigenvalue weighted by molar-refractivity contribution is -0.141. The smallest absolute Gasteiger partial charge is 0.323 e. The summed E-state index contributed by atoms with van der Waals surface area (Å²) < 4.78 is 0. The Balaban J connectivity index is -0.000000140. The van der Waals surface area contributed by atoms with Crippen LogP contribution in [-0.4, -0.2) is 86.0 Å². The molecule has 0 aliphatic heterocycles. The minimum Gasteiger partial charge on any atom is -0.480 e. The molecule has 27 heavy (non-hydrogen) atoms. The number of aliphatic hydroxyl groups is 3. The molecule has 0 aromatic heterocycles. The van der Waals surface area contributed by atoms with Crippen molar-refractivity contribution >= 4 is 17.9 Å². The number of hydrogen-bond donors (Lipinski definition) is 9. The van der Waals surface area contributed by atoms with Gasteiger partial charge in [-0.05, 0) is 26.2 Å². The number of aliphatic hydroxyl groups excluding tert-OH is 3. The Morgan fingerprint density at radius 3 is 1.00 bits per heavy atom. The maximum atomic E-state index is 10.1. The Hall–Kier alpha value is -1.83. The molecule has 0 fully saturated rings. The summed E-state index contributed by atoms with van der Waals surface area (Å²) in [6, 6.07) is -3.00. The van der Waals surface area contributed by atoms with E-state index >= 15 is 0 Å². The molecule has 0 saturated carbocycles. The summed E-state index contributed by atoms with van der Waals surface area (Å²) in [5, 5.41) is 48.4. The largest absolute Gasteiger partial charge is 0.480 e. The molecule has 12 heteroatoms. The third-order valence-corrected chi connectivity index (χ3v) is 2.65. The van der Waals surface area contributed by atoms with Gasteiger partial charge in [-0.25, -0.2) is 0 Å². The third-order valence-electron chi connectivity index (χ3n) is 2.65. The molecule has 0 aromatic carbocycles. The summed E-state index contributed by atoms with van der Waals surface area (Å²) in [7, 11) is 1.00. The number of nitrogens with two attached hydrogens (primary N) is 3. The molecule has 0 amide bonds. The minimum atomic E-state index is -1.18. The van der Waals surface area contributed by atoms with Crippen LogP contribution in [0, 0.1) is 5.92 Å². The van der Waals surface area contributed by atoms with Gasteiger partial charge in [-0.15, -0.1) is 0 Å². The lowest BCUT2D eigenvalue weighted by atomic mass is 10.1. The molecule has 12 N–H and O–H groups in total. The van der Waals surface area contributed by atoms with E-state index in [-0.39, 0.29) is 0 Å². The molecule has 164 valence electrons. The molecular formula is C15H35N3O9. The molecule has 12 nitrogen and oxygen atoms in total. The summed E-state index contributed by atoms with van der Waals surface area (Å²) in [5.74, 6) is -2.92. The molecule has 0 rings (SSSR count). The molecule has 0 bridgehead atoms. The zero-order valence-electron chi connectivity index (χ0n) is 16.3. The van der Waals surface area contributed by atoms with Crippen molar-refractivity contribution in [1.82, 2.24) is 0 Å². The van der Waals surface area contributed by atoms with E-state index in [0.29, 0.717) is 12.3 Å². The topological polar surface area (TPSA) is 251 Å². The highest BCUT2D eigenvalue weighted by atomic mass is 16.4. The van der Waals surface area contributed by atoms with E-state index in [9.17, 15) is 14.4 Å². The van der Waals surface area contributed by atoms with Gasteiger partial charge in [-0.3, -0.25) is 14.4 Å². The van der Waals surface area contributed by atoms with Crippen molar-refractivity contribution in [3.05, 3.63) is 0 Å². The first kappa shape index (κ1) is 32.8. The van der Waals surface area contributed by atoms with E-state index in [1.165, 1.54) is 13.8 Å². The van der Waals surface area contributed by atoms with Crippen LogP contribution >= 0.6 is 0 Å². The average molecular weight is 401 g/mol. The second-order valence-electron chi connectivity index (χ2n) is 5.78. The van der Waals surface area contributed by atoms with Gasteiger partial charge in [0.25, 0.3) is 0 Å². The van der Waals surface area contributed by atoms with Gasteiger partial charge >= 0.3 is 17.9 Å². The van der Waals surface area contributed by atoms with Crippen molar-refractivity contribution in [2.75, 3.05) is 7.11 Å². The molecule has 0 spiro atoms. The standard InChI is InChI=1S/C6H13NO2.2C4H9NO3.CH4O/c1-4(2)3-5(7)6(8)9;2*1-2(6)3(5)4(7)8;1-2/h4-5H,3,7H2,1-2H3,(H,8,9);2*2-3,6H,5H2,1H3,(H,7,8);2H,1H3. The van der Waals surface area contributed by atoms with Crippen LogP contribution in [0.15, 0.2) is 0 Å². The van der Waals surface area contributed by atoms with Crippen molar-refractivity contribution in [1.29, 1.82) is 0 Å². The molecule has 0 saturated heterocycles. The quantitative estimate of drug-likeness (QED) is 0.217. The maximum absolute atomic E-state index is 10.1. The Bertz CT molecular complexity index is 380. The summed E-state index contributed by atoms with van der Waals surface area (Å²) in [4.78, 5) is 29.8. The summed E-state index contributed by atoms with van der Waals surface area (Å²) in [6.45, 7) is 6.56. The van der Waals surface area contributed by atoms with Gasteiger partial charge in [0.2, 0.25) is 0 Å². The normalized spacial score (nSPS) is 15.1. The van der Waals surface area contributed by atoms with E-state index in [0.717, 1.165) is 7.11 Å². The first-order valence-corrected chi connectivity index (χ1v) is 7.91. The lowest BCUT2D eigenvalue weighted by Crippen LogP contribution is -2.39. The first-order valence-electron chi connectivity index (χ1n) is 7.91. The Morgan fingerprint density at radius 2 is 0.963 bits per heavy atom. The number of aliphatic carboxylic acids is 3. The van der Waals surface area contributed by atoms with E-state index in [1.54, 1.807) is 0 Å². The van der Waals surface area contributed by atoms with Gasteiger partial charge in [0.15, 0.2) is 0 Å². The second kappa shape index (κ2) is 18.9. The highest BCUT2D eigenvalue weighted by molar-refractivity contribution is 5.74. The fourth-order valence-electron chi connectivity index (χ4n) is 1.02. The van der Waals surface area contributed by atoms with Crippen LogP contribution in [0.3, 0.4) is 0 Å². The highest BCUT2D eigenvalue weighted by Crippen LogP contribution is 2.01. The molecule has 0 aromatic rings. The zero-order chi connectivity index (χ0) is 22.9. The van der Waals surface area contributed by atoms with Crippen LogP contribution in [0.5, 0.6) is 0 Å². The van der Waals surface area contributed by atoms with Crippen molar-refractivity contribution < 1.29 is 45.0 Å². The van der Waals surface area contributed by atoms with Gasteiger partial charge in [0.1, 0.15) is 18.1 Å². The fraction of sp³-hybridized carbons (Fsp3) is 0.800.